The first-order valence-electron chi connectivity index (χ1n) is 7.99. The molecule has 0 unspecified atom stereocenters. The molecule has 1 saturated carbocycles. The lowest BCUT2D eigenvalue weighted by Gasteiger charge is -2.09. The molecule has 0 bridgehead atoms. The second-order valence-corrected chi connectivity index (χ2v) is 6.32. The number of carbonyl (C=O) groups excluding carboxylic acids is 1. The quantitative estimate of drug-likeness (QED) is 0.796. The molecule has 116 valence electrons. The lowest BCUT2D eigenvalue weighted by atomic mass is 10.1. The largest absolute Gasteiger partial charge is 0.310 e. The fourth-order valence-corrected chi connectivity index (χ4v) is 2.86. The van der Waals surface area contributed by atoms with Crippen molar-refractivity contribution in [1.82, 2.24) is 9.38 Å². The summed E-state index contributed by atoms with van der Waals surface area (Å²) in [6, 6.07) is 12.2. The average Bonchev–Trinajstić information content (AvgIpc) is 3.33. The number of hydrogen-bond acceptors (Lipinski definition) is 2. The molecule has 0 radical (unpaired) electrons. The molecule has 1 amide bonds. The molecule has 1 aliphatic carbocycles. The molecule has 1 aliphatic rings. The smallest absolute Gasteiger partial charge is 0.228 e. The Morgan fingerprint density at radius 1 is 1.17 bits per heavy atom. The van der Waals surface area contributed by atoms with Gasteiger partial charge in [0.15, 0.2) is 0 Å². The molecule has 4 rings (SSSR count). The first kappa shape index (κ1) is 14.0. The number of amides is 1. The molecule has 1 fully saturated rings. The van der Waals surface area contributed by atoms with E-state index in [0.29, 0.717) is 0 Å². The van der Waals surface area contributed by atoms with Crippen LogP contribution in [0.25, 0.3) is 16.9 Å². The third kappa shape index (κ3) is 2.50. The highest BCUT2D eigenvalue weighted by Gasteiger charge is 2.31. The SMILES string of the molecule is Cc1ccc2nc(-c3ccccc3C)c(NC(=O)C3CC3)n2c1. The van der Waals surface area contributed by atoms with Crippen molar-refractivity contribution < 1.29 is 4.79 Å². The average molecular weight is 305 g/mol. The van der Waals surface area contributed by atoms with Crippen LogP contribution in [0.1, 0.15) is 24.0 Å². The van der Waals surface area contributed by atoms with Crippen molar-refractivity contribution in [3.8, 4) is 11.3 Å². The molecule has 0 atom stereocenters. The minimum atomic E-state index is 0.100. The van der Waals surface area contributed by atoms with Crippen molar-refractivity contribution in [1.29, 1.82) is 0 Å². The highest BCUT2D eigenvalue weighted by molar-refractivity contribution is 5.97. The highest BCUT2D eigenvalue weighted by atomic mass is 16.2. The number of fused-ring (bicyclic) bond motifs is 1. The van der Waals surface area contributed by atoms with E-state index in [4.69, 9.17) is 4.98 Å². The summed E-state index contributed by atoms with van der Waals surface area (Å²) in [4.78, 5) is 17.1. The summed E-state index contributed by atoms with van der Waals surface area (Å²) in [5.74, 6) is 1.04. The number of aryl methyl sites for hydroxylation is 2. The van der Waals surface area contributed by atoms with Gasteiger partial charge in [0, 0.05) is 17.7 Å². The minimum Gasteiger partial charge on any atom is -0.310 e. The van der Waals surface area contributed by atoms with Gasteiger partial charge in [-0.1, -0.05) is 30.3 Å². The van der Waals surface area contributed by atoms with Crippen molar-refractivity contribution in [3.05, 3.63) is 53.7 Å². The van der Waals surface area contributed by atoms with Gasteiger partial charge in [0.1, 0.15) is 17.2 Å². The van der Waals surface area contributed by atoms with Gasteiger partial charge < -0.3 is 5.32 Å². The van der Waals surface area contributed by atoms with Crippen LogP contribution in [-0.2, 0) is 4.79 Å². The second kappa shape index (κ2) is 5.23. The maximum absolute atomic E-state index is 12.3. The van der Waals surface area contributed by atoms with Crippen LogP contribution in [0, 0.1) is 19.8 Å². The Hall–Kier alpha value is -2.62. The number of anilines is 1. The van der Waals surface area contributed by atoms with Crippen molar-refractivity contribution in [2.24, 2.45) is 5.92 Å². The van der Waals surface area contributed by atoms with E-state index in [-0.39, 0.29) is 11.8 Å². The van der Waals surface area contributed by atoms with Gasteiger partial charge in [-0.2, -0.15) is 0 Å². The first-order valence-corrected chi connectivity index (χ1v) is 7.99. The molecule has 1 aromatic carbocycles. The van der Waals surface area contributed by atoms with E-state index in [2.05, 4.69) is 24.4 Å². The number of nitrogens with zero attached hydrogens (tertiary/aromatic N) is 2. The zero-order chi connectivity index (χ0) is 16.0. The van der Waals surface area contributed by atoms with E-state index in [0.717, 1.165) is 46.7 Å². The highest BCUT2D eigenvalue weighted by Crippen LogP contribution is 2.34. The van der Waals surface area contributed by atoms with E-state index >= 15 is 0 Å². The van der Waals surface area contributed by atoms with E-state index in [1.165, 1.54) is 0 Å². The molecule has 3 aromatic rings. The maximum Gasteiger partial charge on any atom is 0.228 e. The van der Waals surface area contributed by atoms with Crippen molar-refractivity contribution in [3.63, 3.8) is 0 Å². The fraction of sp³-hybridized carbons (Fsp3) is 0.263. The van der Waals surface area contributed by atoms with E-state index < -0.39 is 0 Å². The molecule has 4 nitrogen and oxygen atoms in total. The van der Waals surface area contributed by atoms with E-state index in [9.17, 15) is 4.79 Å². The fourth-order valence-electron chi connectivity index (χ4n) is 2.86. The molecule has 23 heavy (non-hydrogen) atoms. The molecule has 2 aromatic heterocycles. The lowest BCUT2D eigenvalue weighted by Crippen LogP contribution is -2.15. The van der Waals surface area contributed by atoms with Crippen LogP contribution in [0.15, 0.2) is 42.6 Å². The number of rotatable bonds is 3. The van der Waals surface area contributed by atoms with Crippen molar-refractivity contribution in [2.45, 2.75) is 26.7 Å². The first-order chi connectivity index (χ1) is 11.1. The van der Waals surface area contributed by atoms with Gasteiger partial charge in [-0.3, -0.25) is 9.20 Å². The van der Waals surface area contributed by atoms with Gasteiger partial charge in [-0.25, -0.2) is 4.98 Å². The van der Waals surface area contributed by atoms with Gasteiger partial charge in [-0.05, 0) is 43.9 Å². The van der Waals surface area contributed by atoms with Gasteiger partial charge in [0.25, 0.3) is 0 Å². The number of pyridine rings is 1. The Balaban J connectivity index is 1.91. The topological polar surface area (TPSA) is 46.4 Å². The predicted octanol–water partition coefficient (Wildman–Crippen LogP) is 3.97. The number of carbonyl (C=O) groups is 1. The van der Waals surface area contributed by atoms with E-state index in [1.54, 1.807) is 0 Å². The van der Waals surface area contributed by atoms with Crippen LogP contribution in [0.2, 0.25) is 0 Å². The van der Waals surface area contributed by atoms with Gasteiger partial charge in [-0.15, -0.1) is 0 Å². The predicted molar refractivity (Wildman–Crippen MR) is 91.5 cm³/mol. The summed E-state index contributed by atoms with van der Waals surface area (Å²) in [5, 5.41) is 3.11. The normalized spacial score (nSPS) is 14.2. The van der Waals surface area contributed by atoms with Crippen LogP contribution in [0.3, 0.4) is 0 Å². The molecular weight excluding hydrogens is 286 g/mol. The monoisotopic (exact) mass is 305 g/mol. The summed E-state index contributed by atoms with van der Waals surface area (Å²) < 4.78 is 1.98. The zero-order valence-electron chi connectivity index (χ0n) is 13.3. The molecule has 0 saturated heterocycles. The minimum absolute atomic E-state index is 0.100. The van der Waals surface area contributed by atoms with Crippen LogP contribution in [0.5, 0.6) is 0 Å². The van der Waals surface area contributed by atoms with Gasteiger partial charge in [0.05, 0.1) is 0 Å². The molecule has 0 aliphatic heterocycles. The Bertz CT molecular complexity index is 906. The lowest BCUT2D eigenvalue weighted by molar-refractivity contribution is -0.117. The second-order valence-electron chi connectivity index (χ2n) is 6.32. The Morgan fingerprint density at radius 3 is 2.70 bits per heavy atom. The molecule has 1 N–H and O–H groups in total. The van der Waals surface area contributed by atoms with Gasteiger partial charge in [0.2, 0.25) is 5.91 Å². The van der Waals surface area contributed by atoms with Crippen LogP contribution < -0.4 is 5.32 Å². The van der Waals surface area contributed by atoms with Crippen LogP contribution >= 0.6 is 0 Å². The number of imidazole rings is 1. The third-order valence-electron chi connectivity index (χ3n) is 4.36. The Labute approximate surface area is 135 Å². The summed E-state index contributed by atoms with van der Waals surface area (Å²) in [5.41, 5.74) is 5.02. The Kier molecular flexibility index (Phi) is 3.18. The van der Waals surface area contributed by atoms with Gasteiger partial charge >= 0.3 is 0 Å². The van der Waals surface area contributed by atoms with Crippen LogP contribution in [0.4, 0.5) is 5.82 Å². The summed E-state index contributed by atoms with van der Waals surface area (Å²) in [7, 11) is 0. The number of nitrogens with one attached hydrogen (secondary N) is 1. The number of aromatic nitrogens is 2. The number of hydrogen-bond donors (Lipinski definition) is 1. The Morgan fingerprint density at radius 2 is 1.96 bits per heavy atom. The summed E-state index contributed by atoms with van der Waals surface area (Å²) >= 11 is 0. The van der Waals surface area contributed by atoms with Crippen molar-refractivity contribution >= 4 is 17.4 Å². The van der Waals surface area contributed by atoms with E-state index in [1.807, 2.05) is 41.8 Å². The summed E-state index contributed by atoms with van der Waals surface area (Å²) in [6.45, 7) is 4.11. The molecule has 0 spiro atoms. The van der Waals surface area contributed by atoms with Crippen molar-refractivity contribution in [2.75, 3.05) is 5.32 Å². The summed E-state index contributed by atoms with van der Waals surface area (Å²) in [6.07, 6.45) is 4.00. The maximum atomic E-state index is 12.3. The standard InChI is InChI=1S/C19H19N3O/c1-12-7-10-16-20-17(15-6-4-3-5-13(15)2)18(22(16)11-12)21-19(23)14-8-9-14/h3-7,10-11,14H,8-9H2,1-2H3,(H,21,23). The number of benzene rings is 1. The molecule has 4 heteroatoms. The molecular formula is C19H19N3O. The third-order valence-corrected chi connectivity index (χ3v) is 4.36. The molecule has 2 heterocycles. The zero-order valence-corrected chi connectivity index (χ0v) is 13.3. The van der Waals surface area contributed by atoms with Crippen LogP contribution in [-0.4, -0.2) is 15.3 Å².